The zero-order valence-corrected chi connectivity index (χ0v) is 15.0. The van der Waals surface area contributed by atoms with Crippen LogP contribution in [0.25, 0.3) is 0 Å². The third-order valence-electron chi connectivity index (χ3n) is 4.28. The lowest BCUT2D eigenvalue weighted by Crippen LogP contribution is -2.35. The summed E-state index contributed by atoms with van der Waals surface area (Å²) >= 11 is 0. The Morgan fingerprint density at radius 1 is 1.12 bits per heavy atom. The van der Waals surface area contributed by atoms with Crippen molar-refractivity contribution in [3.8, 4) is 0 Å². The lowest BCUT2D eigenvalue weighted by molar-refractivity contribution is -0.114. The molecule has 1 aromatic carbocycles. The van der Waals surface area contributed by atoms with Crippen molar-refractivity contribution in [2.45, 2.75) is 26.7 Å². The van der Waals surface area contributed by atoms with E-state index in [-0.39, 0.29) is 11.8 Å². The smallest absolute Gasteiger partial charge is 0.274 e. The molecule has 1 atom stereocenters. The molecule has 1 unspecified atom stereocenters. The fraction of sp³-hybridized carbons (Fsp3) is 0.368. The van der Waals surface area contributed by atoms with Gasteiger partial charge < -0.3 is 15.5 Å². The van der Waals surface area contributed by atoms with Crippen molar-refractivity contribution in [2.75, 3.05) is 28.6 Å². The molecular formula is C19H23N5O2. The highest BCUT2D eigenvalue weighted by Gasteiger charge is 2.19. The molecule has 2 N–H and O–H groups in total. The van der Waals surface area contributed by atoms with Crippen LogP contribution in [0.4, 0.5) is 17.3 Å². The van der Waals surface area contributed by atoms with Gasteiger partial charge in [0.25, 0.3) is 5.91 Å². The summed E-state index contributed by atoms with van der Waals surface area (Å²) in [4.78, 5) is 34.4. The van der Waals surface area contributed by atoms with Crippen LogP contribution in [0.1, 0.15) is 37.2 Å². The highest BCUT2D eigenvalue weighted by molar-refractivity contribution is 6.03. The number of carbonyl (C=O) groups is 2. The first-order valence-electron chi connectivity index (χ1n) is 8.78. The summed E-state index contributed by atoms with van der Waals surface area (Å²) in [6, 6.07) is 8.54. The van der Waals surface area contributed by atoms with E-state index in [4.69, 9.17) is 0 Å². The zero-order valence-electron chi connectivity index (χ0n) is 15.0. The molecule has 0 radical (unpaired) electrons. The molecule has 2 heterocycles. The van der Waals surface area contributed by atoms with Crippen LogP contribution in [0.5, 0.6) is 0 Å². The largest absolute Gasteiger partial charge is 0.341 e. The molecule has 136 valence electrons. The minimum atomic E-state index is -0.286. The number of hydrogen-bond donors (Lipinski definition) is 2. The second-order valence-electron chi connectivity index (χ2n) is 6.65. The monoisotopic (exact) mass is 353 g/mol. The van der Waals surface area contributed by atoms with Crippen molar-refractivity contribution in [2.24, 2.45) is 5.92 Å². The van der Waals surface area contributed by atoms with E-state index in [1.54, 1.807) is 36.5 Å². The molecule has 3 rings (SSSR count). The molecule has 2 aromatic rings. The summed E-state index contributed by atoms with van der Waals surface area (Å²) in [5.41, 5.74) is 1.65. The summed E-state index contributed by atoms with van der Waals surface area (Å²) in [6.07, 6.45) is 3.95. The first kappa shape index (κ1) is 17.8. The molecule has 1 aliphatic heterocycles. The van der Waals surface area contributed by atoms with Crippen LogP contribution < -0.4 is 15.5 Å². The van der Waals surface area contributed by atoms with Gasteiger partial charge in [0.2, 0.25) is 11.9 Å². The van der Waals surface area contributed by atoms with E-state index in [1.165, 1.54) is 13.3 Å². The Balaban J connectivity index is 1.68. The Labute approximate surface area is 152 Å². The average molecular weight is 353 g/mol. The van der Waals surface area contributed by atoms with Gasteiger partial charge >= 0.3 is 0 Å². The van der Waals surface area contributed by atoms with E-state index in [0.717, 1.165) is 19.5 Å². The molecule has 0 spiro atoms. The molecule has 1 saturated heterocycles. The first-order valence-corrected chi connectivity index (χ1v) is 8.78. The summed E-state index contributed by atoms with van der Waals surface area (Å²) in [7, 11) is 0. The summed E-state index contributed by atoms with van der Waals surface area (Å²) in [5.74, 6) is 0.783. The number of carbonyl (C=O) groups excluding carboxylic acids is 2. The van der Waals surface area contributed by atoms with Gasteiger partial charge in [-0.3, -0.25) is 9.59 Å². The predicted octanol–water partition coefficient (Wildman–Crippen LogP) is 2.92. The SMILES string of the molecule is CC(=O)Nc1ccc(NC(=O)c2ccnc(N3CCCC(C)C3)n2)cc1. The fourth-order valence-electron chi connectivity index (χ4n) is 3.03. The number of hydrogen-bond acceptors (Lipinski definition) is 5. The van der Waals surface area contributed by atoms with E-state index in [0.29, 0.717) is 28.9 Å². The van der Waals surface area contributed by atoms with Gasteiger partial charge in [0.15, 0.2) is 0 Å². The van der Waals surface area contributed by atoms with E-state index >= 15 is 0 Å². The predicted molar refractivity (Wildman–Crippen MR) is 101 cm³/mol. The third kappa shape index (κ3) is 4.56. The van der Waals surface area contributed by atoms with Crippen LogP contribution in [0, 0.1) is 5.92 Å². The van der Waals surface area contributed by atoms with Crippen molar-refractivity contribution in [1.29, 1.82) is 0 Å². The van der Waals surface area contributed by atoms with Crippen molar-refractivity contribution in [1.82, 2.24) is 9.97 Å². The number of aromatic nitrogens is 2. The van der Waals surface area contributed by atoms with Crippen LogP contribution in [-0.2, 0) is 4.79 Å². The Kier molecular flexibility index (Phi) is 5.46. The molecule has 1 aromatic heterocycles. The standard InChI is InChI=1S/C19H23N5O2/c1-13-4-3-11-24(12-13)19-20-10-9-17(23-19)18(26)22-16-7-5-15(6-8-16)21-14(2)25/h5-10,13H,3-4,11-12H2,1-2H3,(H,21,25)(H,22,26). The lowest BCUT2D eigenvalue weighted by atomic mass is 10.0. The topological polar surface area (TPSA) is 87.2 Å². The number of benzene rings is 1. The molecule has 0 aliphatic carbocycles. The number of nitrogens with zero attached hydrogens (tertiary/aromatic N) is 3. The average Bonchev–Trinajstić information content (AvgIpc) is 2.63. The number of piperidine rings is 1. The highest BCUT2D eigenvalue weighted by Crippen LogP contribution is 2.20. The Hall–Kier alpha value is -2.96. The fourth-order valence-corrected chi connectivity index (χ4v) is 3.03. The van der Waals surface area contributed by atoms with Gasteiger partial charge in [0.1, 0.15) is 5.69 Å². The van der Waals surface area contributed by atoms with E-state index in [2.05, 4.69) is 32.4 Å². The number of nitrogens with one attached hydrogen (secondary N) is 2. The minimum Gasteiger partial charge on any atom is -0.341 e. The number of anilines is 3. The zero-order chi connectivity index (χ0) is 18.5. The van der Waals surface area contributed by atoms with Crippen LogP contribution >= 0.6 is 0 Å². The molecule has 1 aliphatic rings. The van der Waals surface area contributed by atoms with Crippen molar-refractivity contribution in [3.05, 3.63) is 42.2 Å². The molecule has 7 nitrogen and oxygen atoms in total. The van der Waals surface area contributed by atoms with Gasteiger partial charge in [-0.25, -0.2) is 9.97 Å². The highest BCUT2D eigenvalue weighted by atomic mass is 16.2. The number of rotatable bonds is 4. The summed E-state index contributed by atoms with van der Waals surface area (Å²) in [6.45, 7) is 5.49. The van der Waals surface area contributed by atoms with Crippen LogP contribution in [0.3, 0.4) is 0 Å². The molecule has 26 heavy (non-hydrogen) atoms. The summed E-state index contributed by atoms with van der Waals surface area (Å²) < 4.78 is 0. The van der Waals surface area contributed by atoms with Gasteiger partial charge in [-0.15, -0.1) is 0 Å². The Bertz CT molecular complexity index is 791. The van der Waals surface area contributed by atoms with Gasteiger partial charge in [0, 0.05) is 37.6 Å². The molecular weight excluding hydrogens is 330 g/mol. The second kappa shape index (κ2) is 7.95. The van der Waals surface area contributed by atoms with E-state index < -0.39 is 0 Å². The number of amides is 2. The minimum absolute atomic E-state index is 0.137. The van der Waals surface area contributed by atoms with Gasteiger partial charge in [-0.2, -0.15) is 0 Å². The van der Waals surface area contributed by atoms with Crippen molar-refractivity contribution < 1.29 is 9.59 Å². The normalized spacial score (nSPS) is 16.8. The van der Waals surface area contributed by atoms with Crippen LogP contribution in [0.15, 0.2) is 36.5 Å². The second-order valence-corrected chi connectivity index (χ2v) is 6.65. The molecule has 0 bridgehead atoms. The maximum absolute atomic E-state index is 12.5. The first-order chi connectivity index (χ1) is 12.5. The quantitative estimate of drug-likeness (QED) is 0.882. The van der Waals surface area contributed by atoms with Gasteiger partial charge in [-0.05, 0) is 49.1 Å². The molecule has 2 amide bonds. The molecule has 0 saturated carbocycles. The maximum atomic E-state index is 12.5. The molecule has 7 heteroatoms. The van der Waals surface area contributed by atoms with Crippen LogP contribution in [-0.4, -0.2) is 34.9 Å². The maximum Gasteiger partial charge on any atom is 0.274 e. The van der Waals surface area contributed by atoms with E-state index in [1.807, 2.05) is 0 Å². The van der Waals surface area contributed by atoms with Crippen molar-refractivity contribution >= 4 is 29.1 Å². The Morgan fingerprint density at radius 3 is 2.46 bits per heavy atom. The molecule has 1 fully saturated rings. The van der Waals surface area contributed by atoms with Gasteiger partial charge in [0.05, 0.1) is 0 Å². The Morgan fingerprint density at radius 2 is 1.81 bits per heavy atom. The van der Waals surface area contributed by atoms with Crippen molar-refractivity contribution in [3.63, 3.8) is 0 Å². The van der Waals surface area contributed by atoms with Gasteiger partial charge in [-0.1, -0.05) is 6.92 Å². The van der Waals surface area contributed by atoms with E-state index in [9.17, 15) is 9.59 Å². The lowest BCUT2D eigenvalue weighted by Gasteiger charge is -2.30. The van der Waals surface area contributed by atoms with Crippen LogP contribution in [0.2, 0.25) is 0 Å². The third-order valence-corrected chi connectivity index (χ3v) is 4.28. The summed E-state index contributed by atoms with van der Waals surface area (Å²) in [5, 5.41) is 5.50.